The molecule has 0 fully saturated rings. The number of hydrogen-bond donors (Lipinski definition) is 1. The third-order valence-electron chi connectivity index (χ3n) is 1.92. The summed E-state index contributed by atoms with van der Waals surface area (Å²) < 4.78 is 0. The summed E-state index contributed by atoms with van der Waals surface area (Å²) in [6, 6.07) is 12.5. The Balaban J connectivity index is 0.00000128. The molecule has 0 saturated carbocycles. The third kappa shape index (κ3) is 3.19. The zero-order valence-corrected chi connectivity index (χ0v) is 9.28. The van der Waals surface area contributed by atoms with Crippen molar-refractivity contribution in [3.05, 3.63) is 54.2 Å². The molecular weight excluding hydrogens is 252 g/mol. The molecule has 2 aromatic rings. The van der Waals surface area contributed by atoms with Gasteiger partial charge in [0.05, 0.1) is 0 Å². The third-order valence-corrected chi connectivity index (χ3v) is 1.92. The van der Waals surface area contributed by atoms with Gasteiger partial charge in [-0.2, -0.15) is 0 Å². The Morgan fingerprint density at radius 1 is 1.06 bits per heavy atom. The van der Waals surface area contributed by atoms with Gasteiger partial charge in [0.25, 0.3) is 0 Å². The summed E-state index contributed by atoms with van der Waals surface area (Å²) in [6.45, 7) is 0. The summed E-state index contributed by atoms with van der Waals surface area (Å²) in [4.78, 5) is 8.19. The van der Waals surface area contributed by atoms with E-state index in [1.807, 2.05) is 18.2 Å². The Morgan fingerprint density at radius 2 is 1.81 bits per heavy atom. The molecular formula is C12H10CuN2O. The van der Waals surface area contributed by atoms with Gasteiger partial charge in [0.2, 0.25) is 0 Å². The predicted octanol–water partition coefficient (Wildman–Crippen LogP) is 2.54. The molecule has 0 aliphatic rings. The van der Waals surface area contributed by atoms with Crippen molar-refractivity contribution in [2.75, 3.05) is 0 Å². The van der Waals surface area contributed by atoms with Crippen LogP contribution in [0.1, 0.15) is 5.56 Å². The number of aromatic nitrogens is 1. The second-order valence-corrected chi connectivity index (χ2v) is 3.00. The molecule has 4 heteroatoms. The van der Waals surface area contributed by atoms with Crippen molar-refractivity contribution >= 4 is 12.0 Å². The number of aromatic hydroxyl groups is 1. The van der Waals surface area contributed by atoms with Crippen molar-refractivity contribution in [2.45, 2.75) is 0 Å². The molecule has 1 aromatic carbocycles. The number of nitrogens with zero attached hydrogens (tertiary/aromatic N) is 2. The van der Waals surface area contributed by atoms with Gasteiger partial charge in [0, 0.05) is 35.0 Å². The van der Waals surface area contributed by atoms with Crippen LogP contribution in [-0.4, -0.2) is 16.3 Å². The molecule has 1 N–H and O–H groups in total. The van der Waals surface area contributed by atoms with Gasteiger partial charge in [0.15, 0.2) is 5.82 Å². The minimum atomic E-state index is 0. The van der Waals surface area contributed by atoms with E-state index in [0.717, 1.165) is 0 Å². The maximum Gasteiger partial charge on any atom is 0.151 e. The predicted molar refractivity (Wildman–Crippen MR) is 59.6 cm³/mol. The molecule has 16 heavy (non-hydrogen) atoms. The Hall–Kier alpha value is -1.64. The number of benzene rings is 1. The summed E-state index contributed by atoms with van der Waals surface area (Å²) in [6.07, 6.45) is 3.27. The first-order valence-corrected chi connectivity index (χ1v) is 4.59. The number of hydrogen-bond acceptors (Lipinski definition) is 3. The van der Waals surface area contributed by atoms with E-state index in [0.29, 0.717) is 11.4 Å². The summed E-state index contributed by atoms with van der Waals surface area (Å²) in [5, 5.41) is 9.48. The van der Waals surface area contributed by atoms with Gasteiger partial charge in [-0.3, -0.25) is 0 Å². The normalized spacial score (nSPS) is 10.0. The minimum Gasteiger partial charge on any atom is -0.507 e. The Morgan fingerprint density at radius 3 is 2.50 bits per heavy atom. The summed E-state index contributed by atoms with van der Waals surface area (Å²) in [7, 11) is 0. The molecule has 0 bridgehead atoms. The fraction of sp³-hybridized carbons (Fsp3) is 0. The van der Waals surface area contributed by atoms with Crippen LogP contribution < -0.4 is 0 Å². The van der Waals surface area contributed by atoms with Gasteiger partial charge in [-0.15, -0.1) is 0 Å². The van der Waals surface area contributed by atoms with Gasteiger partial charge in [-0.1, -0.05) is 18.2 Å². The number of pyridine rings is 1. The van der Waals surface area contributed by atoms with Crippen LogP contribution in [0.4, 0.5) is 5.82 Å². The molecule has 0 aliphatic heterocycles. The SMILES string of the molecule is Oc1ccccc1/C=N/c1ccccn1.[Cu]. The van der Waals surface area contributed by atoms with E-state index < -0.39 is 0 Å². The standard InChI is InChI=1S/C12H10N2O.Cu/c15-11-6-2-1-5-10(11)9-14-12-7-3-4-8-13-12;/h1-9,15H;/b14-9+;. The van der Waals surface area contributed by atoms with Crippen LogP contribution in [0.5, 0.6) is 5.75 Å². The molecule has 0 aliphatic carbocycles. The first-order valence-electron chi connectivity index (χ1n) is 4.59. The topological polar surface area (TPSA) is 45.5 Å². The smallest absolute Gasteiger partial charge is 0.151 e. The van der Waals surface area contributed by atoms with Gasteiger partial charge in [0.1, 0.15) is 5.75 Å². The largest absolute Gasteiger partial charge is 0.507 e. The van der Waals surface area contributed by atoms with E-state index in [9.17, 15) is 5.11 Å². The molecule has 0 saturated heterocycles. The number of aliphatic imine (C=N–C) groups is 1. The molecule has 85 valence electrons. The molecule has 0 atom stereocenters. The van der Waals surface area contributed by atoms with Crippen LogP contribution in [0.25, 0.3) is 0 Å². The molecule has 0 unspecified atom stereocenters. The number of phenolic OH excluding ortho intramolecular Hbond substituents is 1. The molecule has 1 heterocycles. The van der Waals surface area contributed by atoms with E-state index in [1.165, 1.54) is 0 Å². The van der Waals surface area contributed by atoms with Crippen LogP contribution >= 0.6 is 0 Å². The van der Waals surface area contributed by atoms with Crippen molar-refractivity contribution in [3.8, 4) is 5.75 Å². The van der Waals surface area contributed by atoms with Crippen LogP contribution in [0.2, 0.25) is 0 Å². The summed E-state index contributed by atoms with van der Waals surface area (Å²) in [5.41, 5.74) is 0.683. The van der Waals surface area contributed by atoms with E-state index in [4.69, 9.17) is 0 Å². The molecule has 0 spiro atoms. The van der Waals surface area contributed by atoms with E-state index in [-0.39, 0.29) is 22.8 Å². The van der Waals surface area contributed by atoms with Gasteiger partial charge in [-0.25, -0.2) is 9.98 Å². The van der Waals surface area contributed by atoms with Crippen molar-refractivity contribution < 1.29 is 22.2 Å². The van der Waals surface area contributed by atoms with Crippen LogP contribution in [0, 0.1) is 0 Å². The average molecular weight is 262 g/mol. The van der Waals surface area contributed by atoms with E-state index in [2.05, 4.69) is 9.98 Å². The minimum absolute atomic E-state index is 0. The van der Waals surface area contributed by atoms with E-state index >= 15 is 0 Å². The Bertz CT molecular complexity index is 471. The van der Waals surface area contributed by atoms with Crippen LogP contribution in [0.3, 0.4) is 0 Å². The van der Waals surface area contributed by atoms with Crippen molar-refractivity contribution in [1.29, 1.82) is 0 Å². The molecule has 3 nitrogen and oxygen atoms in total. The second-order valence-electron chi connectivity index (χ2n) is 3.00. The number of para-hydroxylation sites is 1. The molecule has 2 rings (SSSR count). The fourth-order valence-electron chi connectivity index (χ4n) is 1.16. The maximum absolute atomic E-state index is 9.48. The molecule has 0 amide bonds. The first-order chi connectivity index (χ1) is 7.36. The zero-order valence-electron chi connectivity index (χ0n) is 8.34. The average Bonchev–Trinajstić information content (AvgIpc) is 2.29. The van der Waals surface area contributed by atoms with Crippen LogP contribution in [-0.2, 0) is 17.1 Å². The van der Waals surface area contributed by atoms with E-state index in [1.54, 1.807) is 36.7 Å². The first kappa shape index (κ1) is 12.4. The molecule has 1 aromatic heterocycles. The summed E-state index contributed by atoms with van der Waals surface area (Å²) >= 11 is 0. The van der Waals surface area contributed by atoms with Crippen molar-refractivity contribution in [3.63, 3.8) is 0 Å². The Labute approximate surface area is 104 Å². The molecule has 1 radical (unpaired) electrons. The Kier molecular flexibility index (Phi) is 4.70. The van der Waals surface area contributed by atoms with Gasteiger partial charge < -0.3 is 5.11 Å². The second kappa shape index (κ2) is 6.05. The van der Waals surface area contributed by atoms with Crippen LogP contribution in [0.15, 0.2) is 53.7 Å². The maximum atomic E-state index is 9.48. The summed E-state index contributed by atoms with van der Waals surface area (Å²) in [5.74, 6) is 0.845. The quantitative estimate of drug-likeness (QED) is 0.667. The number of phenols is 1. The van der Waals surface area contributed by atoms with Gasteiger partial charge >= 0.3 is 0 Å². The van der Waals surface area contributed by atoms with Crippen molar-refractivity contribution in [2.24, 2.45) is 4.99 Å². The number of rotatable bonds is 2. The van der Waals surface area contributed by atoms with Gasteiger partial charge in [-0.05, 0) is 24.3 Å². The monoisotopic (exact) mass is 261 g/mol. The fourth-order valence-corrected chi connectivity index (χ4v) is 1.16. The van der Waals surface area contributed by atoms with Crippen molar-refractivity contribution in [1.82, 2.24) is 4.98 Å². The zero-order chi connectivity index (χ0) is 10.5.